The van der Waals surface area contributed by atoms with Crippen LogP contribution < -0.4 is 5.73 Å². The number of rotatable bonds is 4. The molecule has 10 heteroatoms. The number of halogens is 3. The first-order valence-corrected chi connectivity index (χ1v) is 13.0. The summed E-state index contributed by atoms with van der Waals surface area (Å²) in [6.07, 6.45) is 2.28. The van der Waals surface area contributed by atoms with Crippen molar-refractivity contribution in [2.45, 2.75) is 56.3 Å². The Morgan fingerprint density at radius 2 is 1.77 bits per heavy atom. The molecule has 3 atom stereocenters. The van der Waals surface area contributed by atoms with E-state index < -0.39 is 17.3 Å². The summed E-state index contributed by atoms with van der Waals surface area (Å²) in [5, 5.41) is 11.2. The molecule has 2 saturated heterocycles. The van der Waals surface area contributed by atoms with Crippen LogP contribution in [0.25, 0.3) is 16.8 Å². The van der Waals surface area contributed by atoms with E-state index in [1.54, 1.807) is 30.5 Å². The fourth-order valence-corrected chi connectivity index (χ4v) is 5.97. The molecule has 0 radical (unpaired) electrons. The number of anilines is 1. The van der Waals surface area contributed by atoms with Crippen LogP contribution >= 0.6 is 0 Å². The topological polar surface area (TPSA) is 96.8 Å². The van der Waals surface area contributed by atoms with E-state index in [1.807, 2.05) is 15.5 Å². The van der Waals surface area contributed by atoms with Crippen LogP contribution in [0.15, 0.2) is 60.9 Å². The number of aliphatic hydroxyl groups is 1. The Morgan fingerprint density at radius 1 is 1.03 bits per heavy atom. The van der Waals surface area contributed by atoms with Gasteiger partial charge in [0.15, 0.2) is 0 Å². The van der Waals surface area contributed by atoms with Crippen molar-refractivity contribution >= 4 is 17.2 Å². The van der Waals surface area contributed by atoms with E-state index in [4.69, 9.17) is 10.7 Å². The van der Waals surface area contributed by atoms with Gasteiger partial charge >= 0.3 is 6.18 Å². The zero-order chi connectivity index (χ0) is 27.5. The number of piperidine rings is 1. The zero-order valence-electron chi connectivity index (χ0n) is 21.3. The Bertz CT molecular complexity index is 1560. The number of alkyl halides is 3. The van der Waals surface area contributed by atoms with E-state index >= 15 is 0 Å². The van der Waals surface area contributed by atoms with Crippen LogP contribution in [0.3, 0.4) is 0 Å². The molecule has 0 unspecified atom stereocenters. The van der Waals surface area contributed by atoms with Crippen LogP contribution in [0.2, 0.25) is 0 Å². The van der Waals surface area contributed by atoms with Gasteiger partial charge in [0.05, 0.1) is 5.56 Å². The molecule has 2 fully saturated rings. The summed E-state index contributed by atoms with van der Waals surface area (Å²) in [5.74, 6) is 1.37. The molecule has 0 saturated carbocycles. The Kier molecular flexibility index (Phi) is 5.91. The van der Waals surface area contributed by atoms with Crippen molar-refractivity contribution in [3.63, 3.8) is 0 Å². The van der Waals surface area contributed by atoms with Crippen molar-refractivity contribution in [1.82, 2.24) is 19.3 Å². The second-order valence-corrected chi connectivity index (χ2v) is 10.6. The lowest BCUT2D eigenvalue weighted by Gasteiger charge is -2.34. The molecule has 0 aliphatic carbocycles. The first-order valence-electron chi connectivity index (χ1n) is 13.0. The molecule has 202 valence electrons. The van der Waals surface area contributed by atoms with E-state index in [1.165, 1.54) is 19.1 Å². The Balaban J connectivity index is 1.36. The van der Waals surface area contributed by atoms with Crippen LogP contribution in [0, 0.1) is 0 Å². The van der Waals surface area contributed by atoms with Crippen molar-refractivity contribution in [3.8, 4) is 11.3 Å². The minimum Gasteiger partial charge on any atom is -0.382 e. The number of aromatic nitrogens is 3. The van der Waals surface area contributed by atoms with Gasteiger partial charge in [0, 0.05) is 42.9 Å². The first-order chi connectivity index (χ1) is 18.5. The molecule has 4 aromatic rings. The van der Waals surface area contributed by atoms with E-state index in [0.29, 0.717) is 41.6 Å². The van der Waals surface area contributed by atoms with Gasteiger partial charge in [-0.3, -0.25) is 9.20 Å². The van der Waals surface area contributed by atoms with Gasteiger partial charge in [-0.1, -0.05) is 36.4 Å². The third kappa shape index (κ3) is 4.32. The zero-order valence-corrected chi connectivity index (χ0v) is 21.3. The van der Waals surface area contributed by atoms with Gasteiger partial charge in [0.1, 0.15) is 28.5 Å². The number of hydrogen-bond acceptors (Lipinski definition) is 5. The SMILES string of the molecule is C[C@](O)(c1ccc(-c2nc([C@@H]3CC[C@H]4CCC(=O)N4C3)n3ccnc(N)c23)cc1)c1cccc(C(F)(F)F)c1. The predicted octanol–water partition coefficient (Wildman–Crippen LogP) is 5.12. The number of benzene rings is 2. The highest BCUT2D eigenvalue weighted by Crippen LogP contribution is 2.39. The van der Waals surface area contributed by atoms with Gasteiger partial charge in [0.25, 0.3) is 0 Å². The average molecular weight is 536 g/mol. The molecule has 4 heterocycles. The lowest BCUT2D eigenvalue weighted by molar-refractivity contribution is -0.137. The molecule has 39 heavy (non-hydrogen) atoms. The van der Waals surface area contributed by atoms with Gasteiger partial charge in [-0.2, -0.15) is 13.2 Å². The number of hydrogen-bond donors (Lipinski definition) is 2. The summed E-state index contributed by atoms with van der Waals surface area (Å²) in [5.41, 5.74) is 6.41. The number of nitrogens with two attached hydrogens (primary N) is 1. The monoisotopic (exact) mass is 535 g/mol. The van der Waals surface area contributed by atoms with Crippen molar-refractivity contribution in [1.29, 1.82) is 0 Å². The minimum atomic E-state index is -4.51. The molecule has 2 aliphatic rings. The second-order valence-electron chi connectivity index (χ2n) is 10.6. The number of amides is 1. The molecule has 0 spiro atoms. The van der Waals surface area contributed by atoms with Crippen molar-refractivity contribution in [2.24, 2.45) is 0 Å². The van der Waals surface area contributed by atoms with Gasteiger partial charge < -0.3 is 15.7 Å². The number of carbonyl (C=O) groups excluding carboxylic acids is 1. The van der Waals surface area contributed by atoms with Crippen molar-refractivity contribution < 1.29 is 23.1 Å². The normalized spacial score (nSPS) is 21.3. The number of carbonyl (C=O) groups is 1. The standard InChI is InChI=1S/C29H28F3N5O2/c1-28(39,20-3-2-4-21(15-20)29(30,31)32)19-8-5-17(6-9-19)24-25-26(33)34-13-14-36(25)27(35-24)18-7-10-22-11-12-23(38)37(22)16-18/h2-6,8-9,13-15,18,22,39H,7,10-12,16H2,1H3,(H2,33,34)/t18-,22+,28+/m1/s1. The maximum Gasteiger partial charge on any atom is 0.416 e. The van der Waals surface area contributed by atoms with E-state index in [2.05, 4.69) is 4.98 Å². The van der Waals surface area contributed by atoms with Gasteiger partial charge in [0.2, 0.25) is 5.91 Å². The number of fused-ring (bicyclic) bond motifs is 2. The molecule has 2 aromatic carbocycles. The Labute approximate surface area is 223 Å². The van der Waals surface area contributed by atoms with E-state index in [0.717, 1.165) is 42.8 Å². The fourth-order valence-electron chi connectivity index (χ4n) is 5.97. The molecular weight excluding hydrogens is 507 g/mol. The third-order valence-electron chi connectivity index (χ3n) is 8.17. The Hall–Kier alpha value is -3.92. The predicted molar refractivity (Wildman–Crippen MR) is 140 cm³/mol. The molecule has 2 aromatic heterocycles. The highest BCUT2D eigenvalue weighted by Gasteiger charge is 2.38. The number of imidazole rings is 1. The minimum absolute atomic E-state index is 0.0484. The lowest BCUT2D eigenvalue weighted by atomic mass is 9.87. The molecule has 6 rings (SSSR count). The molecule has 1 amide bonds. The highest BCUT2D eigenvalue weighted by molar-refractivity contribution is 5.85. The summed E-state index contributed by atoms with van der Waals surface area (Å²) in [4.78, 5) is 23.6. The number of nitrogen functional groups attached to an aromatic ring is 1. The maximum atomic E-state index is 13.3. The average Bonchev–Trinajstić information content (AvgIpc) is 3.50. The van der Waals surface area contributed by atoms with Crippen molar-refractivity contribution in [3.05, 3.63) is 83.4 Å². The largest absolute Gasteiger partial charge is 0.416 e. The van der Waals surface area contributed by atoms with Crippen LogP contribution in [0.5, 0.6) is 0 Å². The Morgan fingerprint density at radius 3 is 2.51 bits per heavy atom. The maximum absolute atomic E-state index is 13.3. The molecule has 3 N–H and O–H groups in total. The van der Waals surface area contributed by atoms with Crippen molar-refractivity contribution in [2.75, 3.05) is 12.3 Å². The van der Waals surface area contributed by atoms with E-state index in [-0.39, 0.29) is 17.4 Å². The van der Waals surface area contributed by atoms with Crippen LogP contribution in [0.4, 0.5) is 19.0 Å². The quantitative estimate of drug-likeness (QED) is 0.378. The molecule has 7 nitrogen and oxygen atoms in total. The van der Waals surface area contributed by atoms with Gasteiger partial charge in [-0.25, -0.2) is 9.97 Å². The summed E-state index contributed by atoms with van der Waals surface area (Å²) in [6, 6.07) is 11.9. The summed E-state index contributed by atoms with van der Waals surface area (Å²) >= 11 is 0. The number of nitrogens with zero attached hydrogens (tertiary/aromatic N) is 4. The van der Waals surface area contributed by atoms with Gasteiger partial charge in [-0.15, -0.1) is 0 Å². The third-order valence-corrected chi connectivity index (χ3v) is 8.17. The van der Waals surface area contributed by atoms with Crippen LogP contribution in [-0.4, -0.2) is 42.9 Å². The summed E-state index contributed by atoms with van der Waals surface area (Å²) in [7, 11) is 0. The van der Waals surface area contributed by atoms with Crippen LogP contribution in [-0.2, 0) is 16.6 Å². The molecular formula is C29H28F3N5O2. The first kappa shape index (κ1) is 25.4. The van der Waals surface area contributed by atoms with Gasteiger partial charge in [-0.05, 0) is 49.4 Å². The summed E-state index contributed by atoms with van der Waals surface area (Å²) < 4.78 is 41.7. The van der Waals surface area contributed by atoms with Crippen LogP contribution in [0.1, 0.15) is 61.0 Å². The lowest BCUT2D eigenvalue weighted by Crippen LogP contribution is -2.41. The van der Waals surface area contributed by atoms with E-state index in [9.17, 15) is 23.1 Å². The molecule has 2 aliphatic heterocycles. The molecule has 0 bridgehead atoms. The summed E-state index contributed by atoms with van der Waals surface area (Å²) in [6.45, 7) is 2.09. The second kappa shape index (κ2) is 9.08. The highest BCUT2D eigenvalue weighted by atomic mass is 19.4. The smallest absolute Gasteiger partial charge is 0.382 e. The fraction of sp³-hybridized carbons (Fsp3) is 0.345.